The Morgan fingerprint density at radius 3 is 2.91 bits per heavy atom. The molecule has 0 amide bonds. The quantitative estimate of drug-likeness (QED) is 0.927. The first kappa shape index (κ1) is 15.5. The normalized spacial score (nSPS) is 26.1. The topological polar surface area (TPSA) is 58.4 Å². The molecule has 1 aromatic rings. The minimum absolute atomic E-state index is 0.237. The minimum Gasteiger partial charge on any atom is -0.481 e. The van der Waals surface area contributed by atoms with Crippen LogP contribution in [0.3, 0.4) is 0 Å². The van der Waals surface area contributed by atoms with Crippen molar-refractivity contribution in [3.8, 4) is 0 Å². The van der Waals surface area contributed by atoms with Gasteiger partial charge >= 0.3 is 5.97 Å². The van der Waals surface area contributed by atoms with Gasteiger partial charge in [-0.1, -0.05) is 6.42 Å². The Balaban J connectivity index is 1.73. The summed E-state index contributed by atoms with van der Waals surface area (Å²) in [5, 5.41) is 9.19. The Morgan fingerprint density at radius 2 is 2.18 bits per heavy atom. The molecule has 3 heterocycles. The van der Waals surface area contributed by atoms with Crippen LogP contribution in [-0.4, -0.2) is 44.2 Å². The molecular formula is C17H27N3O2. The third-order valence-electron chi connectivity index (χ3n) is 5.28. The number of likely N-dealkylation sites (tertiary alicyclic amines) is 1. The summed E-state index contributed by atoms with van der Waals surface area (Å²) in [6.45, 7) is 6.54. The molecule has 122 valence electrons. The standard InChI is InChI=1S/C17H27N3O2/c1-12(2)19-7-4-3-5-14(19)10-16-18-11-15-9-13(17(21)22)6-8-20(15)16/h11-14H,3-10H2,1-2H3,(H,21,22). The van der Waals surface area contributed by atoms with Crippen LogP contribution < -0.4 is 0 Å². The third-order valence-corrected chi connectivity index (χ3v) is 5.28. The summed E-state index contributed by atoms with van der Waals surface area (Å²) in [6.07, 6.45) is 8.10. The molecule has 2 aliphatic heterocycles. The van der Waals surface area contributed by atoms with Gasteiger partial charge in [0.05, 0.1) is 5.92 Å². The van der Waals surface area contributed by atoms with E-state index < -0.39 is 5.97 Å². The van der Waals surface area contributed by atoms with Crippen molar-refractivity contribution in [3.63, 3.8) is 0 Å². The van der Waals surface area contributed by atoms with Crippen LogP contribution in [0.5, 0.6) is 0 Å². The third kappa shape index (κ3) is 3.05. The number of carboxylic acid groups (broad SMARTS) is 1. The second-order valence-corrected chi connectivity index (χ2v) is 7.03. The molecule has 0 aromatic carbocycles. The highest BCUT2D eigenvalue weighted by molar-refractivity contribution is 5.70. The lowest BCUT2D eigenvalue weighted by Gasteiger charge is -2.38. The van der Waals surface area contributed by atoms with E-state index in [9.17, 15) is 9.90 Å². The zero-order valence-electron chi connectivity index (χ0n) is 13.7. The van der Waals surface area contributed by atoms with Gasteiger partial charge in [-0.05, 0) is 39.7 Å². The van der Waals surface area contributed by atoms with Gasteiger partial charge in [0.15, 0.2) is 0 Å². The molecule has 3 rings (SSSR count). The van der Waals surface area contributed by atoms with Crippen LogP contribution in [-0.2, 0) is 24.2 Å². The van der Waals surface area contributed by atoms with E-state index in [-0.39, 0.29) is 5.92 Å². The molecule has 0 spiro atoms. The lowest BCUT2D eigenvalue weighted by molar-refractivity contribution is -0.142. The van der Waals surface area contributed by atoms with Crippen molar-refractivity contribution >= 4 is 5.97 Å². The molecule has 2 atom stereocenters. The predicted octanol–water partition coefficient (Wildman–Crippen LogP) is 2.34. The smallest absolute Gasteiger partial charge is 0.306 e. The fraction of sp³-hybridized carbons (Fsp3) is 0.765. The Bertz CT molecular complexity index is 538. The maximum atomic E-state index is 11.2. The van der Waals surface area contributed by atoms with Crippen molar-refractivity contribution < 1.29 is 9.90 Å². The van der Waals surface area contributed by atoms with Gasteiger partial charge in [-0.25, -0.2) is 4.98 Å². The van der Waals surface area contributed by atoms with Crippen LogP contribution in [0.2, 0.25) is 0 Å². The van der Waals surface area contributed by atoms with E-state index in [0.29, 0.717) is 18.5 Å². The maximum Gasteiger partial charge on any atom is 0.306 e. The average Bonchev–Trinajstić information content (AvgIpc) is 2.90. The fourth-order valence-corrected chi connectivity index (χ4v) is 4.04. The number of hydrogen-bond acceptors (Lipinski definition) is 3. The van der Waals surface area contributed by atoms with Gasteiger partial charge in [-0.15, -0.1) is 0 Å². The van der Waals surface area contributed by atoms with Gasteiger partial charge in [0.2, 0.25) is 0 Å². The Labute approximate surface area is 132 Å². The number of aromatic nitrogens is 2. The minimum atomic E-state index is -0.674. The molecule has 5 heteroatoms. The predicted molar refractivity (Wildman–Crippen MR) is 84.9 cm³/mol. The van der Waals surface area contributed by atoms with E-state index in [4.69, 9.17) is 0 Å². The number of carboxylic acids is 1. The Kier molecular flexibility index (Phi) is 4.52. The molecule has 5 nitrogen and oxygen atoms in total. The molecule has 0 bridgehead atoms. The van der Waals surface area contributed by atoms with Crippen molar-refractivity contribution in [3.05, 3.63) is 17.7 Å². The number of carbonyl (C=O) groups is 1. The van der Waals surface area contributed by atoms with Gasteiger partial charge < -0.3 is 9.67 Å². The summed E-state index contributed by atoms with van der Waals surface area (Å²) in [4.78, 5) is 18.4. The molecule has 1 saturated heterocycles. The fourth-order valence-electron chi connectivity index (χ4n) is 4.04. The van der Waals surface area contributed by atoms with Crippen LogP contribution in [0.25, 0.3) is 0 Å². The largest absolute Gasteiger partial charge is 0.481 e. The SMILES string of the molecule is CC(C)N1CCCCC1Cc1ncc2n1CCC(C(=O)O)C2. The van der Waals surface area contributed by atoms with E-state index in [1.54, 1.807) is 0 Å². The summed E-state index contributed by atoms with van der Waals surface area (Å²) in [5.41, 5.74) is 1.10. The number of hydrogen-bond donors (Lipinski definition) is 1. The van der Waals surface area contributed by atoms with E-state index in [1.807, 2.05) is 6.20 Å². The van der Waals surface area contributed by atoms with Crippen LogP contribution in [0, 0.1) is 5.92 Å². The van der Waals surface area contributed by atoms with Gasteiger partial charge in [-0.2, -0.15) is 0 Å². The monoisotopic (exact) mass is 305 g/mol. The maximum absolute atomic E-state index is 11.2. The Hall–Kier alpha value is -1.36. The molecule has 22 heavy (non-hydrogen) atoms. The van der Waals surface area contributed by atoms with Gasteiger partial charge in [0, 0.05) is 43.4 Å². The first-order valence-corrected chi connectivity index (χ1v) is 8.58. The van der Waals surface area contributed by atoms with Gasteiger partial charge in [0.1, 0.15) is 5.82 Å². The molecule has 1 N–H and O–H groups in total. The van der Waals surface area contributed by atoms with E-state index >= 15 is 0 Å². The van der Waals surface area contributed by atoms with E-state index in [2.05, 4.69) is 28.3 Å². The van der Waals surface area contributed by atoms with E-state index in [1.165, 1.54) is 25.8 Å². The lowest BCUT2D eigenvalue weighted by Crippen LogP contribution is -2.45. The van der Waals surface area contributed by atoms with Crippen LogP contribution in [0.4, 0.5) is 0 Å². The molecule has 0 radical (unpaired) electrons. The number of nitrogens with zero attached hydrogens (tertiary/aromatic N) is 3. The van der Waals surface area contributed by atoms with Crippen molar-refractivity contribution in [2.45, 2.75) is 71.0 Å². The molecule has 1 fully saturated rings. The summed E-state index contributed by atoms with van der Waals surface area (Å²) >= 11 is 0. The van der Waals surface area contributed by atoms with Crippen molar-refractivity contribution in [2.24, 2.45) is 5.92 Å². The van der Waals surface area contributed by atoms with Crippen molar-refractivity contribution in [1.82, 2.24) is 14.5 Å². The van der Waals surface area contributed by atoms with Crippen molar-refractivity contribution in [2.75, 3.05) is 6.54 Å². The number of imidazole rings is 1. The Morgan fingerprint density at radius 1 is 1.36 bits per heavy atom. The summed E-state index contributed by atoms with van der Waals surface area (Å²) < 4.78 is 2.27. The van der Waals surface area contributed by atoms with Crippen LogP contribution in [0.1, 0.15) is 51.0 Å². The second kappa shape index (κ2) is 6.41. The lowest BCUT2D eigenvalue weighted by atomic mass is 9.95. The molecule has 2 aliphatic rings. The zero-order valence-corrected chi connectivity index (χ0v) is 13.7. The average molecular weight is 305 g/mol. The number of fused-ring (bicyclic) bond motifs is 1. The van der Waals surface area contributed by atoms with Crippen LogP contribution >= 0.6 is 0 Å². The van der Waals surface area contributed by atoms with Crippen LogP contribution in [0.15, 0.2) is 6.20 Å². The second-order valence-electron chi connectivity index (χ2n) is 7.03. The molecule has 0 aliphatic carbocycles. The molecule has 0 saturated carbocycles. The van der Waals surface area contributed by atoms with Gasteiger partial charge in [0.25, 0.3) is 0 Å². The molecule has 1 aromatic heterocycles. The first-order chi connectivity index (χ1) is 10.6. The molecule has 2 unspecified atom stereocenters. The first-order valence-electron chi connectivity index (χ1n) is 8.58. The summed E-state index contributed by atoms with van der Waals surface area (Å²) in [5.74, 6) is 0.238. The highest BCUT2D eigenvalue weighted by atomic mass is 16.4. The molecular weight excluding hydrogens is 278 g/mol. The summed E-state index contributed by atoms with van der Waals surface area (Å²) in [7, 11) is 0. The van der Waals surface area contributed by atoms with Crippen molar-refractivity contribution in [1.29, 1.82) is 0 Å². The van der Waals surface area contributed by atoms with Gasteiger partial charge in [-0.3, -0.25) is 9.69 Å². The number of rotatable bonds is 4. The highest BCUT2D eigenvalue weighted by Crippen LogP contribution is 2.26. The number of aliphatic carboxylic acids is 1. The zero-order chi connectivity index (χ0) is 15.7. The summed E-state index contributed by atoms with van der Waals surface area (Å²) in [6, 6.07) is 1.16. The van der Waals surface area contributed by atoms with E-state index in [0.717, 1.165) is 30.9 Å². The number of piperidine rings is 1. The highest BCUT2D eigenvalue weighted by Gasteiger charge is 2.29.